The Hall–Kier alpha value is -1.38. The van der Waals surface area contributed by atoms with Gasteiger partial charge in [0.15, 0.2) is 0 Å². The van der Waals surface area contributed by atoms with Crippen LogP contribution in [0, 0.1) is 5.41 Å². The highest BCUT2D eigenvalue weighted by atomic mass is 16.4. The van der Waals surface area contributed by atoms with E-state index in [1.807, 2.05) is 18.3 Å². The van der Waals surface area contributed by atoms with Gasteiger partial charge in [-0.2, -0.15) is 0 Å². The standard InChI is InChI=1S/C11H13NO2/c13-10(14)7-11(3-4-11)6-9-2-1-5-12-8-9/h1-2,5,8H,3-4,6-7H2,(H,13,14). The summed E-state index contributed by atoms with van der Waals surface area (Å²) in [5.74, 6) is -0.689. The molecule has 1 fully saturated rings. The lowest BCUT2D eigenvalue weighted by molar-refractivity contribution is -0.138. The highest BCUT2D eigenvalue weighted by Crippen LogP contribution is 2.51. The molecule has 3 heteroatoms. The molecule has 0 amide bonds. The average Bonchev–Trinajstić information content (AvgIpc) is 2.85. The lowest BCUT2D eigenvalue weighted by Gasteiger charge is -2.11. The van der Waals surface area contributed by atoms with Gasteiger partial charge in [-0.3, -0.25) is 9.78 Å². The van der Waals surface area contributed by atoms with Crippen LogP contribution in [0.4, 0.5) is 0 Å². The maximum absolute atomic E-state index is 10.6. The van der Waals surface area contributed by atoms with Gasteiger partial charge in [0.1, 0.15) is 0 Å². The number of pyridine rings is 1. The molecule has 0 aliphatic heterocycles. The highest BCUT2D eigenvalue weighted by molar-refractivity contribution is 5.68. The van der Waals surface area contributed by atoms with Crippen molar-refractivity contribution in [2.24, 2.45) is 5.41 Å². The first-order chi connectivity index (χ1) is 6.70. The molecule has 0 saturated heterocycles. The molecule has 0 spiro atoms. The quantitative estimate of drug-likeness (QED) is 0.790. The molecule has 1 aliphatic carbocycles. The van der Waals surface area contributed by atoms with Gasteiger partial charge in [-0.25, -0.2) is 0 Å². The lowest BCUT2D eigenvalue weighted by Crippen LogP contribution is -2.11. The Balaban J connectivity index is 2.01. The van der Waals surface area contributed by atoms with Crippen LogP contribution in [0.25, 0.3) is 0 Å². The average molecular weight is 191 g/mol. The van der Waals surface area contributed by atoms with E-state index in [4.69, 9.17) is 5.11 Å². The summed E-state index contributed by atoms with van der Waals surface area (Å²) in [4.78, 5) is 14.7. The van der Waals surface area contributed by atoms with E-state index in [9.17, 15) is 4.79 Å². The molecular weight excluding hydrogens is 178 g/mol. The molecule has 1 saturated carbocycles. The molecule has 0 aromatic carbocycles. The molecule has 0 unspecified atom stereocenters. The van der Waals surface area contributed by atoms with Gasteiger partial charge in [0.05, 0.1) is 6.42 Å². The van der Waals surface area contributed by atoms with E-state index >= 15 is 0 Å². The third kappa shape index (κ3) is 2.10. The predicted molar refractivity (Wildman–Crippen MR) is 51.9 cm³/mol. The van der Waals surface area contributed by atoms with Crippen LogP contribution in [0.5, 0.6) is 0 Å². The van der Waals surface area contributed by atoms with Crippen molar-refractivity contribution in [1.82, 2.24) is 4.98 Å². The van der Waals surface area contributed by atoms with Crippen molar-refractivity contribution in [3.8, 4) is 0 Å². The van der Waals surface area contributed by atoms with E-state index in [2.05, 4.69) is 4.98 Å². The Kier molecular flexibility index (Phi) is 2.23. The molecule has 3 nitrogen and oxygen atoms in total. The Morgan fingerprint density at radius 2 is 2.36 bits per heavy atom. The largest absolute Gasteiger partial charge is 0.481 e. The van der Waals surface area contributed by atoms with Gasteiger partial charge in [0.2, 0.25) is 0 Å². The van der Waals surface area contributed by atoms with Crippen molar-refractivity contribution in [2.75, 3.05) is 0 Å². The van der Waals surface area contributed by atoms with E-state index in [0.29, 0.717) is 6.42 Å². The summed E-state index contributed by atoms with van der Waals surface area (Å²) < 4.78 is 0. The van der Waals surface area contributed by atoms with E-state index in [1.165, 1.54) is 0 Å². The summed E-state index contributed by atoms with van der Waals surface area (Å²) >= 11 is 0. The Labute approximate surface area is 82.8 Å². The van der Waals surface area contributed by atoms with E-state index in [0.717, 1.165) is 24.8 Å². The van der Waals surface area contributed by atoms with Crippen LogP contribution in [0.2, 0.25) is 0 Å². The molecule has 14 heavy (non-hydrogen) atoms. The number of carboxylic acid groups (broad SMARTS) is 1. The number of nitrogens with zero attached hydrogens (tertiary/aromatic N) is 1. The van der Waals surface area contributed by atoms with Crippen LogP contribution < -0.4 is 0 Å². The second-order valence-corrected chi connectivity index (χ2v) is 4.11. The topological polar surface area (TPSA) is 50.2 Å². The van der Waals surface area contributed by atoms with E-state index in [-0.39, 0.29) is 5.41 Å². The maximum Gasteiger partial charge on any atom is 0.303 e. The molecule has 0 atom stereocenters. The summed E-state index contributed by atoms with van der Waals surface area (Å²) in [5, 5.41) is 8.75. The molecule has 1 N–H and O–H groups in total. The molecular formula is C11H13NO2. The van der Waals surface area contributed by atoms with Crippen molar-refractivity contribution in [2.45, 2.75) is 25.7 Å². The third-order valence-corrected chi connectivity index (χ3v) is 2.79. The summed E-state index contributed by atoms with van der Waals surface area (Å²) in [6.07, 6.45) is 6.78. The van der Waals surface area contributed by atoms with E-state index in [1.54, 1.807) is 6.20 Å². The van der Waals surface area contributed by atoms with Crippen molar-refractivity contribution in [1.29, 1.82) is 0 Å². The van der Waals surface area contributed by atoms with Crippen LogP contribution >= 0.6 is 0 Å². The zero-order valence-corrected chi connectivity index (χ0v) is 7.94. The van der Waals surface area contributed by atoms with Gasteiger partial charge < -0.3 is 5.11 Å². The van der Waals surface area contributed by atoms with Gasteiger partial charge in [-0.05, 0) is 36.3 Å². The molecule has 1 aromatic rings. The fourth-order valence-corrected chi connectivity index (χ4v) is 1.85. The fourth-order valence-electron chi connectivity index (χ4n) is 1.85. The van der Waals surface area contributed by atoms with Crippen molar-refractivity contribution < 1.29 is 9.90 Å². The monoisotopic (exact) mass is 191 g/mol. The molecule has 1 heterocycles. The molecule has 0 radical (unpaired) electrons. The summed E-state index contributed by atoms with van der Waals surface area (Å²) in [6.45, 7) is 0. The molecule has 0 bridgehead atoms. The minimum absolute atomic E-state index is 0.0366. The Morgan fingerprint density at radius 3 is 2.86 bits per heavy atom. The van der Waals surface area contributed by atoms with Gasteiger partial charge >= 0.3 is 5.97 Å². The van der Waals surface area contributed by atoms with Crippen LogP contribution in [-0.2, 0) is 11.2 Å². The molecule has 74 valence electrons. The summed E-state index contributed by atoms with van der Waals surface area (Å²) in [7, 11) is 0. The Morgan fingerprint density at radius 1 is 1.57 bits per heavy atom. The molecule has 2 rings (SSSR count). The zero-order chi connectivity index (χ0) is 10.0. The van der Waals surface area contributed by atoms with Crippen LogP contribution in [0.3, 0.4) is 0 Å². The van der Waals surface area contributed by atoms with E-state index < -0.39 is 5.97 Å². The predicted octanol–water partition coefficient (Wildman–Crippen LogP) is 1.88. The van der Waals surface area contributed by atoms with Gasteiger partial charge in [-0.15, -0.1) is 0 Å². The number of carbonyl (C=O) groups is 1. The number of aliphatic carboxylic acids is 1. The normalized spacial score (nSPS) is 17.7. The minimum atomic E-state index is -0.689. The second kappa shape index (κ2) is 3.40. The SMILES string of the molecule is O=C(O)CC1(Cc2cccnc2)CC1. The van der Waals surface area contributed by atoms with Crippen molar-refractivity contribution in [3.05, 3.63) is 30.1 Å². The van der Waals surface area contributed by atoms with Crippen molar-refractivity contribution >= 4 is 5.97 Å². The van der Waals surface area contributed by atoms with Crippen molar-refractivity contribution in [3.63, 3.8) is 0 Å². The second-order valence-electron chi connectivity index (χ2n) is 4.11. The van der Waals surface area contributed by atoms with Gasteiger partial charge in [0, 0.05) is 12.4 Å². The number of aromatic nitrogens is 1. The summed E-state index contributed by atoms with van der Waals surface area (Å²) in [5.41, 5.74) is 1.18. The fraction of sp³-hybridized carbons (Fsp3) is 0.455. The van der Waals surface area contributed by atoms with Gasteiger partial charge in [0.25, 0.3) is 0 Å². The van der Waals surface area contributed by atoms with Crippen LogP contribution in [-0.4, -0.2) is 16.1 Å². The molecule has 1 aromatic heterocycles. The number of carboxylic acids is 1. The number of rotatable bonds is 4. The highest BCUT2D eigenvalue weighted by Gasteiger charge is 2.44. The van der Waals surface area contributed by atoms with Crippen LogP contribution in [0.15, 0.2) is 24.5 Å². The maximum atomic E-state index is 10.6. The third-order valence-electron chi connectivity index (χ3n) is 2.79. The zero-order valence-electron chi connectivity index (χ0n) is 7.94. The molecule has 1 aliphatic rings. The van der Waals surface area contributed by atoms with Gasteiger partial charge in [-0.1, -0.05) is 6.07 Å². The first-order valence-corrected chi connectivity index (χ1v) is 4.81. The minimum Gasteiger partial charge on any atom is -0.481 e. The first-order valence-electron chi connectivity index (χ1n) is 4.81. The van der Waals surface area contributed by atoms with Crippen LogP contribution in [0.1, 0.15) is 24.8 Å². The number of hydrogen-bond donors (Lipinski definition) is 1. The lowest BCUT2D eigenvalue weighted by atomic mass is 9.94. The number of hydrogen-bond acceptors (Lipinski definition) is 2. The smallest absolute Gasteiger partial charge is 0.303 e. The first kappa shape index (κ1) is 9.19. The summed E-state index contributed by atoms with van der Waals surface area (Å²) in [6, 6.07) is 3.90. The Bertz CT molecular complexity index is 330.